The van der Waals surface area contributed by atoms with Crippen molar-refractivity contribution in [3.63, 3.8) is 0 Å². The van der Waals surface area contributed by atoms with E-state index in [1.54, 1.807) is 35.8 Å². The lowest BCUT2D eigenvalue weighted by atomic mass is 10.1. The van der Waals surface area contributed by atoms with Crippen LogP contribution in [-0.2, 0) is 9.53 Å². The molecular weight excluding hydrogens is 448 g/mol. The average Bonchev–Trinajstić information content (AvgIpc) is 3.54. The summed E-state index contributed by atoms with van der Waals surface area (Å²) in [7, 11) is 0. The maximum Gasteiger partial charge on any atom is 0.342 e. The van der Waals surface area contributed by atoms with Crippen LogP contribution < -0.4 is 16.6 Å². The standard InChI is InChI=1S/C22H22N4O6S/c1-3-31-21(30)16-11(2)32-19(17(16)18(23)28)25-15(27)10-33-22-24-14-7-5-4-6-13(14)20(29)26(22)12-8-9-12/h4-7,12H,3,8-10H2,1-2H3,(H2,23,28)(H,25,27). The minimum absolute atomic E-state index is 0.0708. The number of nitrogens with one attached hydrogen (secondary N) is 1. The number of esters is 1. The Kier molecular flexibility index (Phi) is 6.23. The largest absolute Gasteiger partial charge is 0.462 e. The minimum Gasteiger partial charge on any atom is -0.462 e. The quantitative estimate of drug-likeness (QED) is 0.290. The normalized spacial score (nSPS) is 13.2. The molecule has 10 nitrogen and oxygen atoms in total. The molecule has 33 heavy (non-hydrogen) atoms. The number of hydrogen-bond donors (Lipinski definition) is 2. The van der Waals surface area contributed by atoms with Crippen LogP contribution in [0, 0.1) is 6.92 Å². The molecule has 3 N–H and O–H groups in total. The van der Waals surface area contributed by atoms with Gasteiger partial charge in [0.05, 0.1) is 23.3 Å². The molecule has 0 aliphatic heterocycles. The van der Waals surface area contributed by atoms with Gasteiger partial charge in [0.15, 0.2) is 5.16 Å². The van der Waals surface area contributed by atoms with E-state index >= 15 is 0 Å². The Hall–Kier alpha value is -3.60. The molecule has 0 unspecified atom stereocenters. The van der Waals surface area contributed by atoms with Crippen molar-refractivity contribution in [1.82, 2.24) is 9.55 Å². The molecule has 1 aromatic carbocycles. The fourth-order valence-electron chi connectivity index (χ4n) is 3.49. The number of anilines is 1. The average molecular weight is 471 g/mol. The van der Waals surface area contributed by atoms with E-state index in [4.69, 9.17) is 14.9 Å². The van der Waals surface area contributed by atoms with E-state index in [1.807, 2.05) is 0 Å². The highest BCUT2D eigenvalue weighted by atomic mass is 32.2. The highest BCUT2D eigenvalue weighted by molar-refractivity contribution is 7.99. The summed E-state index contributed by atoms with van der Waals surface area (Å²) in [6.07, 6.45) is 1.76. The van der Waals surface area contributed by atoms with E-state index in [-0.39, 0.29) is 46.7 Å². The number of aryl methyl sites for hydroxylation is 1. The topological polar surface area (TPSA) is 147 Å². The van der Waals surface area contributed by atoms with E-state index in [1.165, 1.54) is 6.92 Å². The van der Waals surface area contributed by atoms with Gasteiger partial charge in [-0.1, -0.05) is 23.9 Å². The van der Waals surface area contributed by atoms with Gasteiger partial charge in [-0.2, -0.15) is 0 Å². The number of thioether (sulfide) groups is 1. The second-order valence-electron chi connectivity index (χ2n) is 7.48. The smallest absolute Gasteiger partial charge is 0.342 e. The number of fused-ring (bicyclic) bond motifs is 1. The Labute approximate surface area is 192 Å². The molecule has 2 heterocycles. The number of primary amides is 1. The number of furan rings is 1. The van der Waals surface area contributed by atoms with Gasteiger partial charge < -0.3 is 14.9 Å². The number of carbonyl (C=O) groups is 3. The van der Waals surface area contributed by atoms with E-state index < -0.39 is 17.8 Å². The molecule has 0 spiro atoms. The number of ether oxygens (including phenoxy) is 1. The molecule has 2 amide bonds. The lowest BCUT2D eigenvalue weighted by Gasteiger charge is -2.12. The van der Waals surface area contributed by atoms with Crippen molar-refractivity contribution in [3.8, 4) is 0 Å². The van der Waals surface area contributed by atoms with Gasteiger partial charge in [-0.05, 0) is 38.8 Å². The molecule has 0 radical (unpaired) electrons. The Morgan fingerprint density at radius 1 is 1.27 bits per heavy atom. The molecule has 1 aliphatic rings. The van der Waals surface area contributed by atoms with Gasteiger partial charge in [0, 0.05) is 6.04 Å². The van der Waals surface area contributed by atoms with Crippen molar-refractivity contribution in [1.29, 1.82) is 0 Å². The summed E-state index contributed by atoms with van der Waals surface area (Å²) >= 11 is 1.10. The predicted octanol–water partition coefficient (Wildman–Crippen LogP) is 2.64. The minimum atomic E-state index is -0.934. The van der Waals surface area contributed by atoms with Gasteiger partial charge in [0.2, 0.25) is 11.8 Å². The lowest BCUT2D eigenvalue weighted by molar-refractivity contribution is -0.113. The SMILES string of the molecule is CCOC(=O)c1c(C)oc(NC(=O)CSc2nc3ccccc3c(=O)n2C2CC2)c1C(N)=O. The number of aromatic nitrogens is 2. The van der Waals surface area contributed by atoms with Crippen LogP contribution in [0.5, 0.6) is 0 Å². The van der Waals surface area contributed by atoms with Crippen molar-refractivity contribution >= 4 is 46.3 Å². The number of hydrogen-bond acceptors (Lipinski definition) is 8. The zero-order valence-electron chi connectivity index (χ0n) is 18.0. The molecule has 0 bridgehead atoms. The van der Waals surface area contributed by atoms with Gasteiger partial charge in [-0.3, -0.25) is 24.3 Å². The summed E-state index contributed by atoms with van der Waals surface area (Å²) in [6, 6.07) is 7.13. The van der Waals surface area contributed by atoms with Crippen LogP contribution in [-0.4, -0.2) is 39.7 Å². The first-order valence-corrected chi connectivity index (χ1v) is 11.3. The molecule has 4 rings (SSSR count). The Morgan fingerprint density at radius 2 is 2.00 bits per heavy atom. The van der Waals surface area contributed by atoms with E-state index in [9.17, 15) is 19.2 Å². The molecule has 11 heteroatoms. The first-order chi connectivity index (χ1) is 15.8. The maximum absolute atomic E-state index is 12.9. The molecule has 1 aliphatic carbocycles. The number of nitrogens with two attached hydrogens (primary N) is 1. The third-order valence-corrected chi connectivity index (χ3v) is 6.04. The molecule has 1 fully saturated rings. The van der Waals surface area contributed by atoms with Crippen LogP contribution in [0.2, 0.25) is 0 Å². The number of para-hydroxylation sites is 1. The highest BCUT2D eigenvalue weighted by Crippen LogP contribution is 2.37. The Bertz CT molecular complexity index is 1320. The van der Waals surface area contributed by atoms with Crippen molar-refractivity contribution < 1.29 is 23.5 Å². The van der Waals surface area contributed by atoms with Gasteiger partial charge in [0.1, 0.15) is 16.9 Å². The van der Waals surface area contributed by atoms with Crippen LogP contribution in [0.3, 0.4) is 0 Å². The number of amides is 2. The molecule has 3 aromatic rings. The van der Waals surface area contributed by atoms with Crippen molar-refractivity contribution in [2.45, 2.75) is 37.9 Å². The molecule has 172 valence electrons. The second kappa shape index (κ2) is 9.10. The first-order valence-electron chi connectivity index (χ1n) is 10.4. The number of rotatable bonds is 8. The van der Waals surface area contributed by atoms with E-state index in [0.29, 0.717) is 16.1 Å². The molecular formula is C22H22N4O6S. The summed E-state index contributed by atoms with van der Waals surface area (Å²) in [6.45, 7) is 3.19. The third-order valence-electron chi connectivity index (χ3n) is 5.08. The van der Waals surface area contributed by atoms with Gasteiger partial charge in [0.25, 0.3) is 11.5 Å². The van der Waals surface area contributed by atoms with E-state index in [0.717, 1.165) is 24.6 Å². The highest BCUT2D eigenvalue weighted by Gasteiger charge is 2.30. The Balaban J connectivity index is 1.57. The summed E-state index contributed by atoms with van der Waals surface area (Å²) < 4.78 is 12.0. The molecule has 0 atom stereocenters. The predicted molar refractivity (Wildman–Crippen MR) is 122 cm³/mol. The van der Waals surface area contributed by atoms with Crippen molar-refractivity contribution in [2.24, 2.45) is 5.73 Å². The molecule has 1 saturated carbocycles. The zero-order valence-corrected chi connectivity index (χ0v) is 18.9. The van der Waals surface area contributed by atoms with Crippen LogP contribution >= 0.6 is 11.8 Å². The summed E-state index contributed by atoms with van der Waals surface area (Å²) in [5.41, 5.74) is 5.47. The maximum atomic E-state index is 12.9. The van der Waals surface area contributed by atoms with Crippen molar-refractivity contribution in [2.75, 3.05) is 17.7 Å². The lowest BCUT2D eigenvalue weighted by Crippen LogP contribution is -2.24. The van der Waals surface area contributed by atoms with Crippen molar-refractivity contribution in [3.05, 3.63) is 51.5 Å². The summed E-state index contributed by atoms with van der Waals surface area (Å²) in [4.78, 5) is 54.3. The Morgan fingerprint density at radius 3 is 2.67 bits per heavy atom. The van der Waals surface area contributed by atoms with E-state index in [2.05, 4.69) is 10.3 Å². The van der Waals surface area contributed by atoms with Crippen LogP contribution in [0.4, 0.5) is 5.88 Å². The molecule has 2 aromatic heterocycles. The van der Waals surface area contributed by atoms with Gasteiger partial charge in [-0.25, -0.2) is 9.78 Å². The monoisotopic (exact) mass is 470 g/mol. The molecule has 0 saturated heterocycles. The van der Waals surface area contributed by atoms with Gasteiger partial charge >= 0.3 is 5.97 Å². The number of carbonyl (C=O) groups excluding carboxylic acids is 3. The fourth-order valence-corrected chi connectivity index (χ4v) is 4.36. The summed E-state index contributed by atoms with van der Waals surface area (Å²) in [5, 5.41) is 3.45. The van der Waals surface area contributed by atoms with Crippen LogP contribution in [0.25, 0.3) is 10.9 Å². The number of nitrogens with zero attached hydrogens (tertiary/aromatic N) is 2. The van der Waals surface area contributed by atoms with Crippen LogP contribution in [0.15, 0.2) is 38.6 Å². The third kappa shape index (κ3) is 4.49. The summed E-state index contributed by atoms with van der Waals surface area (Å²) in [5.74, 6) is -2.45. The second-order valence-corrected chi connectivity index (χ2v) is 8.42. The first kappa shape index (κ1) is 22.6. The zero-order chi connectivity index (χ0) is 23.7. The fraction of sp³-hybridized carbons (Fsp3) is 0.318. The van der Waals surface area contributed by atoms with Crippen LogP contribution in [0.1, 0.15) is 52.3 Å². The number of benzene rings is 1. The van der Waals surface area contributed by atoms with Gasteiger partial charge in [-0.15, -0.1) is 0 Å².